The van der Waals surface area contributed by atoms with Crippen LogP contribution in [-0.4, -0.2) is 68.6 Å². The molecular weight excluding hydrogens is 364 g/mol. The molecule has 29 heavy (non-hydrogen) atoms. The van der Waals surface area contributed by atoms with Crippen molar-refractivity contribution in [1.29, 1.82) is 0 Å². The van der Waals surface area contributed by atoms with Crippen LogP contribution in [0.5, 0.6) is 0 Å². The van der Waals surface area contributed by atoms with E-state index < -0.39 is 0 Å². The predicted molar refractivity (Wildman–Crippen MR) is 118 cm³/mol. The van der Waals surface area contributed by atoms with Crippen molar-refractivity contribution in [1.82, 2.24) is 20.5 Å². The highest BCUT2D eigenvalue weighted by Crippen LogP contribution is 2.38. The van der Waals surface area contributed by atoms with Crippen molar-refractivity contribution in [3.8, 4) is 0 Å². The zero-order chi connectivity index (χ0) is 20.9. The molecule has 0 atom stereocenters. The first-order valence-electron chi connectivity index (χ1n) is 10.8. The fourth-order valence-corrected chi connectivity index (χ4v) is 4.59. The monoisotopic (exact) mass is 400 g/mol. The minimum Gasteiger partial charge on any atom is -0.356 e. The van der Waals surface area contributed by atoms with E-state index in [9.17, 15) is 4.79 Å². The van der Waals surface area contributed by atoms with Gasteiger partial charge in [-0.15, -0.1) is 0 Å². The number of nitrogens with zero attached hydrogens (tertiary/aromatic N) is 4. The summed E-state index contributed by atoms with van der Waals surface area (Å²) >= 11 is 0. The van der Waals surface area contributed by atoms with E-state index in [-0.39, 0.29) is 11.3 Å². The van der Waals surface area contributed by atoms with Gasteiger partial charge in [0.2, 0.25) is 5.91 Å². The molecule has 1 aromatic rings. The van der Waals surface area contributed by atoms with E-state index in [1.807, 2.05) is 27.1 Å². The zero-order valence-electron chi connectivity index (χ0n) is 18.4. The molecule has 2 aliphatic rings. The normalized spacial score (nSPS) is 19.9. The van der Waals surface area contributed by atoms with Crippen molar-refractivity contribution in [2.75, 3.05) is 45.7 Å². The van der Waals surface area contributed by atoms with Crippen molar-refractivity contribution < 1.29 is 4.79 Å². The fraction of sp³-hybridized carbons (Fsp3) is 0.682. The number of hydrogen-bond donors (Lipinski definition) is 2. The van der Waals surface area contributed by atoms with Gasteiger partial charge in [-0.25, -0.2) is 4.98 Å². The van der Waals surface area contributed by atoms with Crippen LogP contribution in [0.15, 0.2) is 23.2 Å². The molecule has 0 unspecified atom stereocenters. The van der Waals surface area contributed by atoms with Gasteiger partial charge >= 0.3 is 0 Å². The maximum absolute atomic E-state index is 12.8. The first-order chi connectivity index (χ1) is 13.9. The van der Waals surface area contributed by atoms with Crippen molar-refractivity contribution >= 4 is 17.7 Å². The lowest BCUT2D eigenvalue weighted by molar-refractivity contribution is -0.138. The number of guanidine groups is 1. The van der Waals surface area contributed by atoms with Crippen molar-refractivity contribution in [2.45, 2.75) is 51.5 Å². The molecule has 0 spiro atoms. The van der Waals surface area contributed by atoms with Crippen LogP contribution in [-0.2, 0) is 4.79 Å². The Morgan fingerprint density at radius 1 is 1.28 bits per heavy atom. The van der Waals surface area contributed by atoms with Crippen LogP contribution in [0, 0.1) is 12.3 Å². The Morgan fingerprint density at radius 3 is 2.55 bits per heavy atom. The maximum atomic E-state index is 12.8. The third-order valence-electron chi connectivity index (χ3n) is 6.27. The maximum Gasteiger partial charge on any atom is 0.230 e. The van der Waals surface area contributed by atoms with E-state index in [0.29, 0.717) is 12.6 Å². The Balaban J connectivity index is 1.51. The minimum absolute atomic E-state index is 0.233. The third-order valence-corrected chi connectivity index (χ3v) is 6.27. The second kappa shape index (κ2) is 9.46. The summed E-state index contributed by atoms with van der Waals surface area (Å²) in [6, 6.07) is 6.57. The molecule has 0 bridgehead atoms. The topological polar surface area (TPSA) is 72.9 Å². The standard InChI is InChI=1S/C22H36N6O/c1-17-8-7-9-19(25-17)28-14-10-18(11-15-28)26-21(23-2)24-16-22(12-5-6-13-22)20(29)27(3)4/h7-9,18H,5-6,10-16H2,1-4H3,(H2,23,24,26). The largest absolute Gasteiger partial charge is 0.356 e. The molecule has 1 aliphatic carbocycles. The van der Waals surface area contributed by atoms with E-state index in [0.717, 1.165) is 69.1 Å². The molecular formula is C22H36N6O. The summed E-state index contributed by atoms with van der Waals surface area (Å²) in [5, 5.41) is 7.02. The number of piperidine rings is 1. The molecule has 160 valence electrons. The highest BCUT2D eigenvalue weighted by atomic mass is 16.2. The van der Waals surface area contributed by atoms with E-state index in [1.54, 1.807) is 11.9 Å². The van der Waals surface area contributed by atoms with E-state index in [2.05, 4.69) is 37.6 Å². The number of pyridine rings is 1. The Labute approximate surface area is 175 Å². The van der Waals surface area contributed by atoms with Gasteiger partial charge in [0, 0.05) is 52.5 Å². The molecule has 2 fully saturated rings. The molecule has 1 aromatic heterocycles. The summed E-state index contributed by atoms with van der Waals surface area (Å²) in [6.45, 7) is 4.64. The second-order valence-electron chi connectivity index (χ2n) is 8.66. The number of amides is 1. The van der Waals surface area contributed by atoms with Crippen LogP contribution < -0.4 is 15.5 Å². The molecule has 2 N–H and O–H groups in total. The number of rotatable bonds is 5. The van der Waals surface area contributed by atoms with Gasteiger partial charge in [0.25, 0.3) is 0 Å². The molecule has 0 radical (unpaired) electrons. The average molecular weight is 401 g/mol. The van der Waals surface area contributed by atoms with Gasteiger partial charge in [-0.3, -0.25) is 9.79 Å². The molecule has 7 nitrogen and oxygen atoms in total. The fourth-order valence-electron chi connectivity index (χ4n) is 4.59. The summed E-state index contributed by atoms with van der Waals surface area (Å²) in [5.74, 6) is 2.10. The highest BCUT2D eigenvalue weighted by molar-refractivity contribution is 5.85. The Bertz CT molecular complexity index is 718. The van der Waals surface area contributed by atoms with Gasteiger partial charge in [0.15, 0.2) is 5.96 Å². The summed E-state index contributed by atoms with van der Waals surface area (Å²) in [4.78, 5) is 25.9. The number of aryl methyl sites for hydroxylation is 1. The second-order valence-corrected chi connectivity index (χ2v) is 8.66. The molecule has 2 heterocycles. The van der Waals surface area contributed by atoms with Gasteiger partial charge in [-0.05, 0) is 44.7 Å². The number of carbonyl (C=O) groups is 1. The van der Waals surface area contributed by atoms with E-state index in [4.69, 9.17) is 0 Å². The van der Waals surface area contributed by atoms with Crippen molar-refractivity contribution in [3.63, 3.8) is 0 Å². The number of aliphatic imine (C=N–C) groups is 1. The Hall–Kier alpha value is -2.31. The lowest BCUT2D eigenvalue weighted by Crippen LogP contribution is -2.52. The summed E-state index contributed by atoms with van der Waals surface area (Å²) in [5.41, 5.74) is 0.766. The predicted octanol–water partition coefficient (Wildman–Crippen LogP) is 2.17. The smallest absolute Gasteiger partial charge is 0.230 e. The lowest BCUT2D eigenvalue weighted by atomic mass is 9.84. The molecule has 1 aliphatic heterocycles. The first kappa shape index (κ1) is 21.4. The van der Waals surface area contributed by atoms with Gasteiger partial charge < -0.3 is 20.4 Å². The average Bonchev–Trinajstić information content (AvgIpc) is 3.21. The molecule has 1 saturated heterocycles. The summed E-state index contributed by atoms with van der Waals surface area (Å²) < 4.78 is 0. The van der Waals surface area contributed by atoms with E-state index in [1.165, 1.54) is 0 Å². The molecule has 3 rings (SSSR count). The van der Waals surface area contributed by atoms with Gasteiger partial charge in [0.1, 0.15) is 5.82 Å². The summed E-state index contributed by atoms with van der Waals surface area (Å²) in [6.07, 6.45) is 6.24. The zero-order valence-corrected chi connectivity index (χ0v) is 18.4. The Kier molecular flexibility index (Phi) is 6.98. The van der Waals surface area contributed by atoms with Crippen LogP contribution >= 0.6 is 0 Å². The number of hydrogen-bond acceptors (Lipinski definition) is 4. The summed E-state index contributed by atoms with van der Waals surface area (Å²) in [7, 11) is 5.51. The van der Waals surface area contributed by atoms with Crippen LogP contribution in [0.4, 0.5) is 5.82 Å². The molecule has 1 saturated carbocycles. The van der Waals surface area contributed by atoms with Crippen LogP contribution in [0.25, 0.3) is 0 Å². The number of carbonyl (C=O) groups excluding carboxylic acids is 1. The minimum atomic E-state index is -0.290. The molecule has 0 aromatic carbocycles. The van der Waals surface area contributed by atoms with Gasteiger partial charge in [-0.2, -0.15) is 0 Å². The quantitative estimate of drug-likeness (QED) is 0.585. The first-order valence-corrected chi connectivity index (χ1v) is 10.8. The van der Waals surface area contributed by atoms with Crippen LogP contribution in [0.2, 0.25) is 0 Å². The van der Waals surface area contributed by atoms with Crippen LogP contribution in [0.1, 0.15) is 44.2 Å². The number of nitrogens with one attached hydrogen (secondary N) is 2. The SMILES string of the molecule is CN=C(NCC1(C(=O)N(C)C)CCCC1)NC1CCN(c2cccc(C)n2)CC1. The van der Waals surface area contributed by atoms with Crippen LogP contribution in [0.3, 0.4) is 0 Å². The Morgan fingerprint density at radius 2 is 1.97 bits per heavy atom. The lowest BCUT2D eigenvalue weighted by Gasteiger charge is -2.35. The highest BCUT2D eigenvalue weighted by Gasteiger charge is 2.42. The van der Waals surface area contributed by atoms with E-state index >= 15 is 0 Å². The van der Waals surface area contributed by atoms with Gasteiger partial charge in [-0.1, -0.05) is 18.9 Å². The third kappa shape index (κ3) is 5.19. The number of aromatic nitrogens is 1. The molecule has 1 amide bonds. The van der Waals surface area contributed by atoms with Crippen molar-refractivity contribution in [2.24, 2.45) is 10.4 Å². The van der Waals surface area contributed by atoms with Crippen molar-refractivity contribution in [3.05, 3.63) is 23.9 Å². The molecule has 7 heteroatoms. The van der Waals surface area contributed by atoms with Gasteiger partial charge in [0.05, 0.1) is 5.41 Å². The number of anilines is 1.